The number of hydrogen-bond acceptors (Lipinski definition) is 5. The number of benzene rings is 1. The second-order valence-electron chi connectivity index (χ2n) is 3.33. The van der Waals surface area contributed by atoms with E-state index < -0.39 is 5.97 Å². The average Bonchev–Trinajstić information content (AvgIpc) is 2.39. The number of aromatic carboxylic acids is 1. The molecular formula is C12H10N2O3S. The molecule has 0 radical (unpaired) electrons. The second kappa shape index (κ2) is 5.50. The molecule has 6 heteroatoms. The molecule has 0 aliphatic rings. The largest absolute Gasteiger partial charge is 0.478 e. The molecule has 5 nitrogen and oxygen atoms in total. The van der Waals surface area contributed by atoms with E-state index in [1.165, 1.54) is 30.2 Å². The summed E-state index contributed by atoms with van der Waals surface area (Å²) in [6, 6.07) is 7.94. The summed E-state index contributed by atoms with van der Waals surface area (Å²) in [5.74, 6) is -0.175. The highest BCUT2D eigenvalue weighted by atomic mass is 32.2. The Kier molecular flexibility index (Phi) is 3.78. The van der Waals surface area contributed by atoms with Gasteiger partial charge in [-0.1, -0.05) is 6.07 Å². The highest BCUT2D eigenvalue weighted by Crippen LogP contribution is 2.22. The van der Waals surface area contributed by atoms with Gasteiger partial charge in [0.1, 0.15) is 17.1 Å². The minimum Gasteiger partial charge on any atom is -0.478 e. The van der Waals surface area contributed by atoms with Crippen molar-refractivity contribution in [2.24, 2.45) is 0 Å². The Morgan fingerprint density at radius 3 is 2.89 bits per heavy atom. The van der Waals surface area contributed by atoms with Crippen LogP contribution >= 0.6 is 11.8 Å². The fourth-order valence-corrected chi connectivity index (χ4v) is 1.67. The summed E-state index contributed by atoms with van der Waals surface area (Å²) in [5, 5.41) is 9.66. The molecule has 0 aliphatic carbocycles. The van der Waals surface area contributed by atoms with Gasteiger partial charge in [-0.3, -0.25) is 0 Å². The van der Waals surface area contributed by atoms with Gasteiger partial charge in [-0.05, 0) is 24.5 Å². The van der Waals surface area contributed by atoms with Crippen molar-refractivity contribution in [3.05, 3.63) is 42.2 Å². The van der Waals surface area contributed by atoms with Crippen molar-refractivity contribution in [2.45, 2.75) is 5.03 Å². The van der Waals surface area contributed by atoms with Crippen LogP contribution in [0.3, 0.4) is 0 Å². The lowest BCUT2D eigenvalue weighted by molar-refractivity contribution is 0.0696. The number of carboxylic acid groups (broad SMARTS) is 1. The third-order valence-electron chi connectivity index (χ3n) is 2.13. The minimum atomic E-state index is -0.993. The van der Waals surface area contributed by atoms with Crippen LogP contribution in [0.4, 0.5) is 0 Å². The van der Waals surface area contributed by atoms with Gasteiger partial charge in [-0.25, -0.2) is 14.8 Å². The molecule has 1 aromatic carbocycles. The lowest BCUT2D eigenvalue weighted by Gasteiger charge is -2.05. The van der Waals surface area contributed by atoms with E-state index >= 15 is 0 Å². The number of rotatable bonds is 4. The van der Waals surface area contributed by atoms with Crippen LogP contribution < -0.4 is 4.74 Å². The van der Waals surface area contributed by atoms with Crippen molar-refractivity contribution in [2.75, 3.05) is 6.26 Å². The normalized spacial score (nSPS) is 10.1. The number of thioether (sulfide) groups is 1. The molecule has 0 bridgehead atoms. The molecule has 92 valence electrons. The van der Waals surface area contributed by atoms with Gasteiger partial charge in [-0.15, -0.1) is 11.8 Å². The maximum Gasteiger partial charge on any atom is 0.335 e. The number of aromatic nitrogens is 2. The minimum absolute atomic E-state index is 0.173. The average molecular weight is 262 g/mol. The van der Waals surface area contributed by atoms with E-state index in [2.05, 4.69) is 9.97 Å². The van der Waals surface area contributed by atoms with E-state index in [1.54, 1.807) is 18.2 Å². The van der Waals surface area contributed by atoms with E-state index in [0.717, 1.165) is 5.03 Å². The van der Waals surface area contributed by atoms with Gasteiger partial charge in [0.2, 0.25) is 5.88 Å². The second-order valence-corrected chi connectivity index (χ2v) is 4.16. The van der Waals surface area contributed by atoms with Gasteiger partial charge in [0.25, 0.3) is 0 Å². The molecule has 1 aromatic heterocycles. The van der Waals surface area contributed by atoms with Crippen molar-refractivity contribution in [3.8, 4) is 11.6 Å². The molecule has 0 saturated heterocycles. The Labute approximate surface area is 108 Å². The molecule has 0 aliphatic heterocycles. The molecule has 0 saturated carbocycles. The monoisotopic (exact) mass is 262 g/mol. The summed E-state index contributed by atoms with van der Waals surface area (Å²) >= 11 is 1.48. The van der Waals surface area contributed by atoms with E-state index in [4.69, 9.17) is 9.84 Å². The number of carbonyl (C=O) groups is 1. The van der Waals surface area contributed by atoms with Gasteiger partial charge in [0.05, 0.1) is 5.56 Å². The van der Waals surface area contributed by atoms with Gasteiger partial charge in [0, 0.05) is 6.07 Å². The van der Waals surface area contributed by atoms with Crippen LogP contribution in [0.1, 0.15) is 10.4 Å². The fourth-order valence-electron chi connectivity index (χ4n) is 1.30. The lowest BCUT2D eigenvalue weighted by Crippen LogP contribution is -1.96. The first kappa shape index (κ1) is 12.4. The summed E-state index contributed by atoms with van der Waals surface area (Å²) in [4.78, 5) is 18.8. The predicted molar refractivity (Wildman–Crippen MR) is 67.3 cm³/mol. The Hall–Kier alpha value is -2.08. The molecule has 1 N–H and O–H groups in total. The van der Waals surface area contributed by atoms with Crippen molar-refractivity contribution in [1.29, 1.82) is 0 Å². The van der Waals surface area contributed by atoms with Crippen LogP contribution in [-0.2, 0) is 0 Å². The van der Waals surface area contributed by atoms with Crippen molar-refractivity contribution < 1.29 is 14.6 Å². The fraction of sp³-hybridized carbons (Fsp3) is 0.0833. The predicted octanol–water partition coefficient (Wildman–Crippen LogP) is 2.69. The SMILES string of the molecule is CSc1cc(Oc2cccc(C(=O)O)c2)ncn1. The summed E-state index contributed by atoms with van der Waals surface area (Å²) in [5.41, 5.74) is 0.173. The van der Waals surface area contributed by atoms with E-state index in [1.807, 2.05) is 6.26 Å². The zero-order chi connectivity index (χ0) is 13.0. The lowest BCUT2D eigenvalue weighted by atomic mass is 10.2. The molecule has 0 spiro atoms. The van der Waals surface area contributed by atoms with E-state index in [9.17, 15) is 4.79 Å². The molecule has 0 atom stereocenters. The third kappa shape index (κ3) is 2.98. The van der Waals surface area contributed by atoms with Crippen LogP contribution in [0.2, 0.25) is 0 Å². The standard InChI is InChI=1S/C12H10N2O3S/c1-18-11-6-10(13-7-14-11)17-9-4-2-3-8(5-9)12(15)16/h2-7H,1H3,(H,15,16). The Morgan fingerprint density at radius 2 is 2.17 bits per heavy atom. The Balaban J connectivity index is 2.22. The highest BCUT2D eigenvalue weighted by Gasteiger charge is 2.05. The first-order valence-corrected chi connectivity index (χ1v) is 6.29. The quantitative estimate of drug-likeness (QED) is 0.674. The van der Waals surface area contributed by atoms with Crippen LogP contribution in [-0.4, -0.2) is 27.3 Å². The summed E-state index contributed by atoms with van der Waals surface area (Å²) < 4.78 is 5.48. The zero-order valence-electron chi connectivity index (χ0n) is 9.53. The van der Waals surface area contributed by atoms with Crippen LogP contribution in [0.25, 0.3) is 0 Å². The van der Waals surface area contributed by atoms with Crippen LogP contribution in [0.5, 0.6) is 11.6 Å². The molecule has 1 heterocycles. The maximum absolute atomic E-state index is 10.8. The van der Waals surface area contributed by atoms with E-state index in [-0.39, 0.29) is 5.56 Å². The number of nitrogens with zero attached hydrogens (tertiary/aromatic N) is 2. The third-order valence-corrected chi connectivity index (χ3v) is 2.77. The molecule has 2 aromatic rings. The number of carboxylic acids is 1. The highest BCUT2D eigenvalue weighted by molar-refractivity contribution is 7.98. The van der Waals surface area contributed by atoms with Crippen molar-refractivity contribution in [3.63, 3.8) is 0 Å². The topological polar surface area (TPSA) is 72.3 Å². The first-order chi connectivity index (χ1) is 8.69. The molecule has 18 heavy (non-hydrogen) atoms. The maximum atomic E-state index is 10.8. The van der Waals surface area contributed by atoms with Gasteiger partial charge in [0.15, 0.2) is 0 Å². The van der Waals surface area contributed by atoms with Gasteiger partial charge in [-0.2, -0.15) is 0 Å². The summed E-state index contributed by atoms with van der Waals surface area (Å²) in [6.45, 7) is 0. The van der Waals surface area contributed by atoms with Crippen LogP contribution in [0.15, 0.2) is 41.7 Å². The first-order valence-electron chi connectivity index (χ1n) is 5.06. The Bertz CT molecular complexity index is 575. The van der Waals surface area contributed by atoms with Crippen molar-refractivity contribution in [1.82, 2.24) is 9.97 Å². The van der Waals surface area contributed by atoms with Crippen LogP contribution in [0, 0.1) is 0 Å². The molecule has 0 unspecified atom stereocenters. The number of ether oxygens (including phenoxy) is 1. The zero-order valence-corrected chi connectivity index (χ0v) is 10.3. The Morgan fingerprint density at radius 1 is 1.33 bits per heavy atom. The molecular weight excluding hydrogens is 252 g/mol. The molecule has 0 fully saturated rings. The van der Waals surface area contributed by atoms with Crippen molar-refractivity contribution >= 4 is 17.7 Å². The van der Waals surface area contributed by atoms with E-state index in [0.29, 0.717) is 11.6 Å². The molecule has 0 amide bonds. The summed E-state index contributed by atoms with van der Waals surface area (Å²) in [7, 11) is 0. The van der Waals surface area contributed by atoms with Gasteiger partial charge < -0.3 is 9.84 Å². The number of hydrogen-bond donors (Lipinski definition) is 1. The molecule has 2 rings (SSSR count). The summed E-state index contributed by atoms with van der Waals surface area (Å²) in [6.07, 6.45) is 3.30. The van der Waals surface area contributed by atoms with Gasteiger partial charge >= 0.3 is 5.97 Å². The smallest absolute Gasteiger partial charge is 0.335 e.